The van der Waals surface area contributed by atoms with Gasteiger partial charge in [-0.05, 0) is 56.4 Å². The first-order chi connectivity index (χ1) is 12.3. The van der Waals surface area contributed by atoms with E-state index < -0.39 is 5.97 Å². The number of likely N-dealkylation sites (N-methyl/N-ethyl adjacent to an activating group) is 1. The lowest BCUT2D eigenvalue weighted by atomic mass is 10.0. The van der Waals surface area contributed by atoms with Crippen molar-refractivity contribution in [1.29, 1.82) is 0 Å². The fraction of sp³-hybridized carbons (Fsp3) is 0.526. The molecule has 0 radical (unpaired) electrons. The van der Waals surface area contributed by atoms with E-state index in [0.29, 0.717) is 11.3 Å². The Bertz CT molecular complexity index is 672. The third-order valence-corrected chi connectivity index (χ3v) is 4.48. The first kappa shape index (κ1) is 19.8. The number of likely N-dealkylation sites (tertiary alicyclic amines) is 1. The maximum absolute atomic E-state index is 12.3. The fourth-order valence-electron chi connectivity index (χ4n) is 3.17. The van der Waals surface area contributed by atoms with E-state index >= 15 is 0 Å². The van der Waals surface area contributed by atoms with Crippen molar-refractivity contribution in [3.63, 3.8) is 0 Å². The van der Waals surface area contributed by atoms with Gasteiger partial charge >= 0.3 is 5.97 Å². The van der Waals surface area contributed by atoms with Crippen LogP contribution in [0.3, 0.4) is 0 Å². The summed E-state index contributed by atoms with van der Waals surface area (Å²) in [7, 11) is 1.45. The molecule has 2 amide bonds. The molecular weight excluding hydrogens is 336 g/mol. The molecule has 0 aromatic heterocycles. The van der Waals surface area contributed by atoms with Gasteiger partial charge in [0, 0.05) is 25.7 Å². The maximum Gasteiger partial charge on any atom is 0.323 e. The second kappa shape index (κ2) is 8.69. The van der Waals surface area contributed by atoms with Gasteiger partial charge in [0.05, 0.1) is 0 Å². The van der Waals surface area contributed by atoms with Crippen LogP contribution in [0.25, 0.3) is 0 Å². The minimum absolute atomic E-state index is 0.0200. The number of benzene rings is 1. The Hall–Kier alpha value is -2.57. The summed E-state index contributed by atoms with van der Waals surface area (Å²) < 4.78 is 5.73. The number of aryl methyl sites for hydroxylation is 2. The molecule has 0 saturated carbocycles. The average Bonchev–Trinajstić information content (AvgIpc) is 2.60. The van der Waals surface area contributed by atoms with Gasteiger partial charge < -0.3 is 19.6 Å². The monoisotopic (exact) mass is 362 g/mol. The highest BCUT2D eigenvalue weighted by Crippen LogP contribution is 2.25. The van der Waals surface area contributed by atoms with Crippen molar-refractivity contribution in [2.75, 3.05) is 33.3 Å². The Labute approximate surface area is 153 Å². The predicted molar refractivity (Wildman–Crippen MR) is 96.4 cm³/mol. The number of nitrogens with zero attached hydrogens (tertiary/aromatic N) is 2. The van der Waals surface area contributed by atoms with Gasteiger partial charge in [0.2, 0.25) is 0 Å². The molecule has 0 atom stereocenters. The number of ether oxygens (including phenoxy) is 1. The summed E-state index contributed by atoms with van der Waals surface area (Å²) in [5, 5.41) is 8.81. The summed E-state index contributed by atoms with van der Waals surface area (Å²) >= 11 is 0. The van der Waals surface area contributed by atoms with Gasteiger partial charge in [-0.2, -0.15) is 0 Å². The summed E-state index contributed by atoms with van der Waals surface area (Å²) in [6.45, 7) is 4.80. The highest BCUT2D eigenvalue weighted by Gasteiger charge is 2.20. The zero-order valence-corrected chi connectivity index (χ0v) is 15.6. The predicted octanol–water partition coefficient (Wildman–Crippen LogP) is 1.85. The molecule has 2 rings (SSSR count). The molecule has 7 heteroatoms. The molecule has 0 unspecified atom stereocenters. The smallest absolute Gasteiger partial charge is 0.323 e. The zero-order chi connectivity index (χ0) is 19.3. The number of rotatable bonds is 6. The lowest BCUT2D eigenvalue weighted by Crippen LogP contribution is -2.38. The molecule has 1 aromatic carbocycles. The normalized spacial score (nSPS) is 14.0. The zero-order valence-electron chi connectivity index (χ0n) is 15.6. The van der Waals surface area contributed by atoms with Crippen molar-refractivity contribution in [2.24, 2.45) is 0 Å². The van der Waals surface area contributed by atoms with Crippen molar-refractivity contribution < 1.29 is 24.2 Å². The average molecular weight is 362 g/mol. The third kappa shape index (κ3) is 4.97. The maximum atomic E-state index is 12.3. The molecule has 1 N–H and O–H groups in total. The van der Waals surface area contributed by atoms with Crippen molar-refractivity contribution in [3.8, 4) is 5.75 Å². The van der Waals surface area contributed by atoms with E-state index in [0.717, 1.165) is 48.4 Å². The van der Waals surface area contributed by atoms with Crippen LogP contribution in [-0.4, -0.2) is 66.0 Å². The van der Waals surface area contributed by atoms with Gasteiger partial charge in [0.25, 0.3) is 11.8 Å². The quantitative estimate of drug-likeness (QED) is 0.834. The number of amides is 2. The van der Waals surface area contributed by atoms with Crippen LogP contribution < -0.4 is 4.74 Å². The van der Waals surface area contributed by atoms with Crippen LogP contribution in [0.2, 0.25) is 0 Å². The molecule has 1 aromatic rings. The molecule has 1 saturated heterocycles. The van der Waals surface area contributed by atoms with Crippen LogP contribution in [0.15, 0.2) is 12.1 Å². The molecule has 1 fully saturated rings. The first-order valence-electron chi connectivity index (χ1n) is 8.78. The lowest BCUT2D eigenvalue weighted by molar-refractivity contribution is -0.137. The molecule has 0 aliphatic carbocycles. The van der Waals surface area contributed by atoms with E-state index in [2.05, 4.69) is 0 Å². The second-order valence-corrected chi connectivity index (χ2v) is 6.72. The standard InChI is InChI=1S/C19H26N2O5/c1-13-9-15(19(25)20(3)11-17(23)24)10-14(2)18(13)26-12-16(22)21-7-5-4-6-8-21/h9-10H,4-8,11-12H2,1-3H3,(H,23,24). The van der Waals surface area contributed by atoms with Crippen molar-refractivity contribution in [1.82, 2.24) is 9.80 Å². The second-order valence-electron chi connectivity index (χ2n) is 6.72. The number of carbonyl (C=O) groups excluding carboxylic acids is 2. The molecule has 7 nitrogen and oxygen atoms in total. The van der Waals surface area contributed by atoms with E-state index in [1.54, 1.807) is 12.1 Å². The number of hydrogen-bond acceptors (Lipinski definition) is 4. The van der Waals surface area contributed by atoms with Crippen LogP contribution in [-0.2, 0) is 9.59 Å². The van der Waals surface area contributed by atoms with Crippen molar-refractivity contribution in [2.45, 2.75) is 33.1 Å². The van der Waals surface area contributed by atoms with Gasteiger partial charge in [0.1, 0.15) is 12.3 Å². The minimum Gasteiger partial charge on any atom is -0.483 e. The van der Waals surface area contributed by atoms with Crippen molar-refractivity contribution >= 4 is 17.8 Å². The largest absolute Gasteiger partial charge is 0.483 e. The number of piperidine rings is 1. The van der Waals surface area contributed by atoms with Gasteiger partial charge in [-0.3, -0.25) is 14.4 Å². The minimum atomic E-state index is -1.06. The topological polar surface area (TPSA) is 87.1 Å². The summed E-state index contributed by atoms with van der Waals surface area (Å²) in [6.07, 6.45) is 3.23. The van der Waals surface area contributed by atoms with Crippen molar-refractivity contribution in [3.05, 3.63) is 28.8 Å². The van der Waals surface area contributed by atoms with Gasteiger partial charge in [-0.1, -0.05) is 0 Å². The Kier molecular flexibility index (Phi) is 6.60. The van der Waals surface area contributed by atoms with Crippen LogP contribution in [0.5, 0.6) is 5.75 Å². The highest BCUT2D eigenvalue weighted by atomic mass is 16.5. The Balaban J connectivity index is 2.05. The van der Waals surface area contributed by atoms with Gasteiger partial charge in [-0.25, -0.2) is 0 Å². The molecule has 26 heavy (non-hydrogen) atoms. The Morgan fingerprint density at radius 3 is 2.23 bits per heavy atom. The third-order valence-electron chi connectivity index (χ3n) is 4.48. The number of carbonyl (C=O) groups is 3. The van der Waals surface area contributed by atoms with E-state index in [1.165, 1.54) is 7.05 Å². The number of aliphatic carboxylic acids is 1. The van der Waals surface area contributed by atoms with E-state index in [9.17, 15) is 14.4 Å². The van der Waals surface area contributed by atoms with E-state index in [4.69, 9.17) is 9.84 Å². The van der Waals surface area contributed by atoms with E-state index in [1.807, 2.05) is 18.7 Å². The molecule has 142 valence electrons. The molecule has 1 aliphatic heterocycles. The SMILES string of the molecule is Cc1cc(C(=O)N(C)CC(=O)O)cc(C)c1OCC(=O)N1CCCCC1. The Morgan fingerprint density at radius 2 is 1.69 bits per heavy atom. The summed E-state index contributed by atoms with van der Waals surface area (Å²) in [5.74, 6) is -0.863. The van der Waals surface area contributed by atoms with Crippen LogP contribution in [0.4, 0.5) is 0 Å². The number of carboxylic acids is 1. The molecule has 0 spiro atoms. The fourth-order valence-corrected chi connectivity index (χ4v) is 3.17. The molecule has 0 bridgehead atoms. The highest BCUT2D eigenvalue weighted by molar-refractivity contribution is 5.96. The summed E-state index contributed by atoms with van der Waals surface area (Å²) in [5.41, 5.74) is 1.88. The Morgan fingerprint density at radius 1 is 1.12 bits per heavy atom. The molecule has 1 heterocycles. The summed E-state index contributed by atoms with van der Waals surface area (Å²) in [6, 6.07) is 3.32. The summed E-state index contributed by atoms with van der Waals surface area (Å²) in [4.78, 5) is 38.3. The molecule has 1 aliphatic rings. The first-order valence-corrected chi connectivity index (χ1v) is 8.78. The number of carboxylic acid groups (broad SMARTS) is 1. The van der Waals surface area contributed by atoms with Gasteiger partial charge in [-0.15, -0.1) is 0 Å². The van der Waals surface area contributed by atoms with Crippen LogP contribution >= 0.6 is 0 Å². The lowest BCUT2D eigenvalue weighted by Gasteiger charge is -2.27. The molecular formula is C19H26N2O5. The van der Waals surface area contributed by atoms with E-state index in [-0.39, 0.29) is 25.0 Å². The van der Waals surface area contributed by atoms with Crippen LogP contribution in [0.1, 0.15) is 40.7 Å². The van der Waals surface area contributed by atoms with Gasteiger partial charge in [0.15, 0.2) is 6.61 Å². The van der Waals surface area contributed by atoms with Crippen LogP contribution in [0, 0.1) is 13.8 Å². The number of hydrogen-bond donors (Lipinski definition) is 1.